The van der Waals surface area contributed by atoms with Gasteiger partial charge in [-0.05, 0) is 43.4 Å². The van der Waals surface area contributed by atoms with Gasteiger partial charge in [0.25, 0.3) is 0 Å². The molecule has 1 aliphatic carbocycles. The Labute approximate surface area is 135 Å². The second-order valence-corrected chi connectivity index (χ2v) is 5.99. The molecule has 1 amide bonds. The lowest BCUT2D eigenvalue weighted by Gasteiger charge is -2.07. The fraction of sp³-hybridized carbons (Fsp3) is 0.500. The molecule has 0 aromatic heterocycles. The molecular weight excluding hydrogens is 319 g/mol. The Morgan fingerprint density at radius 2 is 2.15 bits per heavy atom. The SMILES string of the molecule is CC(N)CCNC(=O)C1CC1c1ccc(Cl)c(Cl)c1.Cl. The molecule has 0 saturated heterocycles. The van der Waals surface area contributed by atoms with Gasteiger partial charge in [0.05, 0.1) is 10.0 Å². The summed E-state index contributed by atoms with van der Waals surface area (Å²) in [4.78, 5) is 11.9. The molecule has 0 radical (unpaired) electrons. The number of amides is 1. The summed E-state index contributed by atoms with van der Waals surface area (Å²) in [7, 11) is 0. The Hall–Kier alpha value is -0.480. The highest BCUT2D eigenvalue weighted by molar-refractivity contribution is 6.42. The largest absolute Gasteiger partial charge is 0.356 e. The van der Waals surface area contributed by atoms with Crippen LogP contribution in [0.4, 0.5) is 0 Å². The molecule has 1 aromatic rings. The van der Waals surface area contributed by atoms with E-state index in [1.165, 1.54) is 0 Å². The topological polar surface area (TPSA) is 55.1 Å². The number of hydrogen-bond donors (Lipinski definition) is 2. The summed E-state index contributed by atoms with van der Waals surface area (Å²) in [5.74, 6) is 0.437. The van der Waals surface area contributed by atoms with E-state index in [9.17, 15) is 4.79 Å². The van der Waals surface area contributed by atoms with Gasteiger partial charge < -0.3 is 11.1 Å². The fourth-order valence-electron chi connectivity index (χ4n) is 2.15. The summed E-state index contributed by atoms with van der Waals surface area (Å²) < 4.78 is 0. The van der Waals surface area contributed by atoms with Crippen molar-refractivity contribution in [1.29, 1.82) is 0 Å². The smallest absolute Gasteiger partial charge is 0.223 e. The molecule has 0 bridgehead atoms. The summed E-state index contributed by atoms with van der Waals surface area (Å²) in [6, 6.07) is 5.69. The summed E-state index contributed by atoms with van der Waals surface area (Å²) in [6.45, 7) is 2.57. The first kappa shape index (κ1) is 17.6. The van der Waals surface area contributed by atoms with Crippen LogP contribution in [0.1, 0.15) is 31.2 Å². The summed E-state index contributed by atoms with van der Waals surface area (Å²) >= 11 is 11.9. The number of halogens is 3. The number of nitrogens with one attached hydrogen (secondary N) is 1. The standard InChI is InChI=1S/C14H18Cl2N2O.ClH/c1-8(17)4-5-18-14(19)11-7-10(11)9-2-3-12(15)13(16)6-9;/h2-3,6,8,10-11H,4-5,7,17H2,1H3,(H,18,19);1H. The van der Waals surface area contributed by atoms with Gasteiger partial charge in [-0.1, -0.05) is 29.3 Å². The number of hydrogen-bond acceptors (Lipinski definition) is 2. The highest BCUT2D eigenvalue weighted by Crippen LogP contribution is 2.48. The van der Waals surface area contributed by atoms with E-state index in [0.29, 0.717) is 16.6 Å². The average molecular weight is 338 g/mol. The molecule has 3 N–H and O–H groups in total. The van der Waals surface area contributed by atoms with Gasteiger partial charge in [-0.15, -0.1) is 12.4 Å². The number of carbonyl (C=O) groups is 1. The first-order valence-corrected chi connectivity index (χ1v) is 7.23. The normalized spacial score (nSPS) is 21.8. The van der Waals surface area contributed by atoms with Crippen LogP contribution in [0.5, 0.6) is 0 Å². The van der Waals surface area contributed by atoms with E-state index in [4.69, 9.17) is 28.9 Å². The summed E-state index contributed by atoms with van der Waals surface area (Å²) in [5, 5.41) is 4.01. The van der Waals surface area contributed by atoms with Crippen LogP contribution in [0.3, 0.4) is 0 Å². The van der Waals surface area contributed by atoms with Gasteiger partial charge in [0, 0.05) is 18.5 Å². The van der Waals surface area contributed by atoms with E-state index < -0.39 is 0 Å². The van der Waals surface area contributed by atoms with Crippen molar-refractivity contribution in [2.75, 3.05) is 6.54 Å². The monoisotopic (exact) mass is 336 g/mol. The molecule has 112 valence electrons. The van der Waals surface area contributed by atoms with E-state index in [1.807, 2.05) is 19.1 Å². The third-order valence-electron chi connectivity index (χ3n) is 3.40. The molecule has 0 spiro atoms. The van der Waals surface area contributed by atoms with Crippen molar-refractivity contribution in [3.63, 3.8) is 0 Å². The Balaban J connectivity index is 0.00000200. The number of benzene rings is 1. The molecule has 2 rings (SSSR count). The van der Waals surface area contributed by atoms with Gasteiger partial charge in [-0.3, -0.25) is 4.79 Å². The van der Waals surface area contributed by atoms with Crippen molar-refractivity contribution < 1.29 is 4.79 Å². The molecule has 1 aromatic carbocycles. The van der Waals surface area contributed by atoms with Crippen molar-refractivity contribution >= 4 is 41.5 Å². The van der Waals surface area contributed by atoms with Crippen molar-refractivity contribution in [1.82, 2.24) is 5.32 Å². The maximum atomic E-state index is 11.9. The highest BCUT2D eigenvalue weighted by atomic mass is 35.5. The van der Waals surface area contributed by atoms with Gasteiger partial charge in [0.1, 0.15) is 0 Å². The maximum absolute atomic E-state index is 11.9. The third-order valence-corrected chi connectivity index (χ3v) is 4.14. The molecule has 3 nitrogen and oxygen atoms in total. The van der Waals surface area contributed by atoms with Crippen LogP contribution < -0.4 is 11.1 Å². The van der Waals surface area contributed by atoms with E-state index in [0.717, 1.165) is 18.4 Å². The number of nitrogens with two attached hydrogens (primary N) is 1. The zero-order valence-electron chi connectivity index (χ0n) is 11.2. The van der Waals surface area contributed by atoms with Gasteiger partial charge in [-0.2, -0.15) is 0 Å². The van der Waals surface area contributed by atoms with Gasteiger partial charge in [0.15, 0.2) is 0 Å². The lowest BCUT2D eigenvalue weighted by molar-refractivity contribution is -0.122. The minimum Gasteiger partial charge on any atom is -0.356 e. The van der Waals surface area contributed by atoms with Crippen LogP contribution >= 0.6 is 35.6 Å². The molecule has 1 saturated carbocycles. The van der Waals surface area contributed by atoms with Crippen molar-refractivity contribution in [3.8, 4) is 0 Å². The van der Waals surface area contributed by atoms with Crippen LogP contribution in [-0.4, -0.2) is 18.5 Å². The Kier molecular flexibility index (Phi) is 6.59. The number of carbonyl (C=O) groups excluding carboxylic acids is 1. The van der Waals surface area contributed by atoms with Crippen molar-refractivity contribution in [3.05, 3.63) is 33.8 Å². The first-order chi connectivity index (χ1) is 8.99. The molecular formula is C14H19Cl3N2O. The second kappa shape index (κ2) is 7.51. The van der Waals surface area contributed by atoms with Crippen molar-refractivity contribution in [2.24, 2.45) is 11.7 Å². The molecule has 0 heterocycles. The molecule has 20 heavy (non-hydrogen) atoms. The minimum atomic E-state index is 0. The van der Waals surface area contributed by atoms with Crippen molar-refractivity contribution in [2.45, 2.75) is 31.7 Å². The first-order valence-electron chi connectivity index (χ1n) is 6.47. The van der Waals surface area contributed by atoms with E-state index >= 15 is 0 Å². The van der Waals surface area contributed by atoms with Crippen LogP contribution in [0.15, 0.2) is 18.2 Å². The number of rotatable bonds is 5. The molecule has 1 fully saturated rings. The molecule has 0 aliphatic heterocycles. The Bertz CT molecular complexity index is 479. The lowest BCUT2D eigenvalue weighted by Crippen LogP contribution is -2.30. The van der Waals surface area contributed by atoms with Crippen LogP contribution in [0, 0.1) is 5.92 Å². The van der Waals surface area contributed by atoms with E-state index in [1.54, 1.807) is 6.07 Å². The van der Waals surface area contributed by atoms with Crippen LogP contribution in [0.25, 0.3) is 0 Å². The van der Waals surface area contributed by atoms with E-state index in [-0.39, 0.29) is 36.2 Å². The predicted molar refractivity (Wildman–Crippen MR) is 85.8 cm³/mol. The molecule has 1 aliphatic rings. The van der Waals surface area contributed by atoms with Crippen LogP contribution in [-0.2, 0) is 4.79 Å². The Morgan fingerprint density at radius 3 is 2.75 bits per heavy atom. The summed E-state index contributed by atoms with van der Waals surface area (Å²) in [6.07, 6.45) is 1.68. The zero-order chi connectivity index (χ0) is 14.0. The van der Waals surface area contributed by atoms with E-state index in [2.05, 4.69) is 5.32 Å². The predicted octanol–water partition coefficient (Wildman–Crippen LogP) is 3.37. The Morgan fingerprint density at radius 1 is 1.45 bits per heavy atom. The fourth-order valence-corrected chi connectivity index (χ4v) is 2.46. The quantitative estimate of drug-likeness (QED) is 0.865. The third kappa shape index (κ3) is 4.52. The average Bonchev–Trinajstić information content (AvgIpc) is 3.12. The van der Waals surface area contributed by atoms with Gasteiger partial charge in [0.2, 0.25) is 5.91 Å². The highest BCUT2D eigenvalue weighted by Gasteiger charge is 2.43. The van der Waals surface area contributed by atoms with Gasteiger partial charge >= 0.3 is 0 Å². The summed E-state index contributed by atoms with van der Waals surface area (Å²) in [5.41, 5.74) is 6.73. The second-order valence-electron chi connectivity index (χ2n) is 5.18. The zero-order valence-corrected chi connectivity index (χ0v) is 13.6. The molecule has 6 heteroatoms. The lowest BCUT2D eigenvalue weighted by atomic mass is 10.1. The molecule has 3 atom stereocenters. The minimum absolute atomic E-state index is 0. The van der Waals surface area contributed by atoms with Crippen LogP contribution in [0.2, 0.25) is 10.0 Å². The maximum Gasteiger partial charge on any atom is 0.223 e. The van der Waals surface area contributed by atoms with Gasteiger partial charge in [-0.25, -0.2) is 0 Å². The molecule has 3 unspecified atom stereocenters.